The van der Waals surface area contributed by atoms with Crippen LogP contribution in [0.4, 0.5) is 4.39 Å². The SMILES string of the molecule is CN(CCC(O)c1ccccc1F)C1CCOCC1. The minimum atomic E-state index is -0.733. The second-order valence-electron chi connectivity index (χ2n) is 5.15. The van der Waals surface area contributed by atoms with Crippen LogP contribution in [0.5, 0.6) is 0 Å². The first-order chi connectivity index (χ1) is 9.18. The van der Waals surface area contributed by atoms with Gasteiger partial charge < -0.3 is 14.7 Å². The van der Waals surface area contributed by atoms with Crippen molar-refractivity contribution >= 4 is 0 Å². The Kier molecular flexibility index (Phi) is 5.31. The molecule has 1 heterocycles. The van der Waals surface area contributed by atoms with Crippen molar-refractivity contribution in [1.82, 2.24) is 4.90 Å². The van der Waals surface area contributed by atoms with E-state index in [0.717, 1.165) is 32.6 Å². The van der Waals surface area contributed by atoms with Gasteiger partial charge in [0.2, 0.25) is 0 Å². The number of hydrogen-bond donors (Lipinski definition) is 1. The van der Waals surface area contributed by atoms with Gasteiger partial charge in [-0.3, -0.25) is 0 Å². The van der Waals surface area contributed by atoms with Crippen LogP contribution in [-0.2, 0) is 4.74 Å². The number of rotatable bonds is 5. The number of ether oxygens (including phenoxy) is 1. The molecule has 1 aromatic carbocycles. The highest BCUT2D eigenvalue weighted by Crippen LogP contribution is 2.21. The molecule has 1 fully saturated rings. The molecule has 1 unspecified atom stereocenters. The van der Waals surface area contributed by atoms with E-state index in [2.05, 4.69) is 11.9 Å². The summed E-state index contributed by atoms with van der Waals surface area (Å²) >= 11 is 0. The molecular weight excluding hydrogens is 245 g/mol. The van der Waals surface area contributed by atoms with Gasteiger partial charge in [-0.15, -0.1) is 0 Å². The van der Waals surface area contributed by atoms with Gasteiger partial charge in [0.1, 0.15) is 5.82 Å². The first kappa shape index (κ1) is 14.4. The number of hydrogen-bond acceptors (Lipinski definition) is 3. The monoisotopic (exact) mass is 267 g/mol. The molecule has 0 bridgehead atoms. The average Bonchev–Trinajstić information content (AvgIpc) is 2.46. The number of aliphatic hydroxyl groups excluding tert-OH is 1. The minimum Gasteiger partial charge on any atom is -0.388 e. The van der Waals surface area contributed by atoms with Crippen LogP contribution in [0.15, 0.2) is 24.3 Å². The molecule has 0 spiro atoms. The molecule has 19 heavy (non-hydrogen) atoms. The maximum absolute atomic E-state index is 13.5. The first-order valence-corrected chi connectivity index (χ1v) is 6.89. The normalized spacial score (nSPS) is 18.7. The molecule has 1 aliphatic rings. The van der Waals surface area contributed by atoms with Crippen molar-refractivity contribution in [2.45, 2.75) is 31.4 Å². The maximum Gasteiger partial charge on any atom is 0.128 e. The molecular formula is C15H22FNO2. The van der Waals surface area contributed by atoms with Gasteiger partial charge in [0.05, 0.1) is 6.10 Å². The molecule has 106 valence electrons. The molecule has 1 aromatic rings. The molecule has 1 aliphatic heterocycles. The molecule has 1 atom stereocenters. The van der Waals surface area contributed by atoms with Crippen molar-refractivity contribution in [2.75, 3.05) is 26.8 Å². The van der Waals surface area contributed by atoms with Gasteiger partial charge in [-0.25, -0.2) is 4.39 Å². The lowest BCUT2D eigenvalue weighted by atomic mass is 10.0. The Bertz CT molecular complexity index is 393. The third-order valence-electron chi connectivity index (χ3n) is 3.83. The highest BCUT2D eigenvalue weighted by atomic mass is 19.1. The summed E-state index contributed by atoms with van der Waals surface area (Å²) < 4.78 is 18.9. The van der Waals surface area contributed by atoms with E-state index >= 15 is 0 Å². The van der Waals surface area contributed by atoms with Gasteiger partial charge in [0.15, 0.2) is 0 Å². The Balaban J connectivity index is 1.82. The van der Waals surface area contributed by atoms with Crippen LogP contribution in [0.1, 0.15) is 30.9 Å². The zero-order valence-electron chi connectivity index (χ0n) is 11.4. The minimum absolute atomic E-state index is 0.330. The molecule has 1 N–H and O–H groups in total. The fraction of sp³-hybridized carbons (Fsp3) is 0.600. The maximum atomic E-state index is 13.5. The van der Waals surface area contributed by atoms with Gasteiger partial charge in [-0.05, 0) is 32.4 Å². The summed E-state index contributed by atoms with van der Waals surface area (Å²) in [5.74, 6) is -0.330. The van der Waals surface area contributed by atoms with Crippen molar-refractivity contribution in [2.24, 2.45) is 0 Å². The van der Waals surface area contributed by atoms with E-state index < -0.39 is 6.10 Å². The van der Waals surface area contributed by atoms with Gasteiger partial charge in [-0.2, -0.15) is 0 Å². The molecule has 0 saturated carbocycles. The van der Waals surface area contributed by atoms with Gasteiger partial charge in [0.25, 0.3) is 0 Å². The van der Waals surface area contributed by atoms with Crippen molar-refractivity contribution < 1.29 is 14.2 Å². The average molecular weight is 267 g/mol. The lowest BCUT2D eigenvalue weighted by Crippen LogP contribution is -2.37. The Hall–Kier alpha value is -0.970. The molecule has 0 aliphatic carbocycles. The second kappa shape index (κ2) is 6.98. The topological polar surface area (TPSA) is 32.7 Å². The fourth-order valence-corrected chi connectivity index (χ4v) is 2.54. The smallest absolute Gasteiger partial charge is 0.128 e. The Morgan fingerprint density at radius 1 is 1.37 bits per heavy atom. The van der Waals surface area contributed by atoms with E-state index in [4.69, 9.17) is 4.74 Å². The summed E-state index contributed by atoms with van der Waals surface area (Å²) in [7, 11) is 2.06. The highest BCUT2D eigenvalue weighted by Gasteiger charge is 2.20. The molecule has 0 amide bonds. The summed E-state index contributed by atoms with van der Waals surface area (Å²) in [6.45, 7) is 2.38. The van der Waals surface area contributed by atoms with Crippen molar-refractivity contribution in [3.8, 4) is 0 Å². The third kappa shape index (κ3) is 4.00. The first-order valence-electron chi connectivity index (χ1n) is 6.89. The van der Waals surface area contributed by atoms with Crippen LogP contribution in [0, 0.1) is 5.82 Å². The van der Waals surface area contributed by atoms with Crippen molar-refractivity contribution in [3.05, 3.63) is 35.6 Å². The molecule has 3 nitrogen and oxygen atoms in total. The molecule has 0 radical (unpaired) electrons. The Morgan fingerprint density at radius 2 is 2.05 bits per heavy atom. The number of nitrogens with zero attached hydrogens (tertiary/aromatic N) is 1. The van der Waals surface area contributed by atoms with Crippen molar-refractivity contribution in [3.63, 3.8) is 0 Å². The lowest BCUT2D eigenvalue weighted by molar-refractivity contribution is 0.0375. The quantitative estimate of drug-likeness (QED) is 0.889. The Morgan fingerprint density at radius 3 is 2.74 bits per heavy atom. The summed E-state index contributed by atoms with van der Waals surface area (Å²) in [6.07, 6.45) is 1.89. The van der Waals surface area contributed by atoms with Crippen molar-refractivity contribution in [1.29, 1.82) is 0 Å². The number of benzene rings is 1. The van der Waals surface area contributed by atoms with Crippen LogP contribution in [0.25, 0.3) is 0 Å². The van der Waals surface area contributed by atoms with Crippen LogP contribution in [-0.4, -0.2) is 42.9 Å². The third-order valence-corrected chi connectivity index (χ3v) is 3.83. The predicted molar refractivity (Wildman–Crippen MR) is 72.4 cm³/mol. The van der Waals surface area contributed by atoms with Crippen LogP contribution in [0.3, 0.4) is 0 Å². The van der Waals surface area contributed by atoms with Crippen LogP contribution in [0.2, 0.25) is 0 Å². The second-order valence-corrected chi connectivity index (χ2v) is 5.15. The number of halogens is 1. The van der Waals surface area contributed by atoms with E-state index in [1.165, 1.54) is 6.07 Å². The summed E-state index contributed by atoms with van der Waals surface area (Å²) in [6, 6.07) is 6.94. The van der Waals surface area contributed by atoms with E-state index in [1.807, 2.05) is 0 Å². The largest absolute Gasteiger partial charge is 0.388 e. The predicted octanol–water partition coefficient (Wildman–Crippen LogP) is 2.36. The number of aliphatic hydroxyl groups is 1. The summed E-state index contributed by atoms with van der Waals surface area (Å²) in [5.41, 5.74) is 0.392. The molecule has 2 rings (SSSR count). The lowest BCUT2D eigenvalue weighted by Gasteiger charge is -2.31. The van der Waals surface area contributed by atoms with E-state index in [0.29, 0.717) is 18.0 Å². The highest BCUT2D eigenvalue weighted by molar-refractivity contribution is 5.19. The van der Waals surface area contributed by atoms with Gasteiger partial charge in [-0.1, -0.05) is 18.2 Å². The Labute approximate surface area is 114 Å². The molecule has 4 heteroatoms. The standard InChI is InChI=1S/C15H22FNO2/c1-17(12-7-10-19-11-8-12)9-6-15(18)13-4-2-3-5-14(13)16/h2-5,12,15,18H,6-11H2,1H3. The van der Waals surface area contributed by atoms with Crippen LogP contribution < -0.4 is 0 Å². The van der Waals surface area contributed by atoms with E-state index in [9.17, 15) is 9.50 Å². The zero-order chi connectivity index (χ0) is 13.7. The van der Waals surface area contributed by atoms with E-state index in [1.54, 1.807) is 18.2 Å². The zero-order valence-corrected chi connectivity index (χ0v) is 11.4. The van der Waals surface area contributed by atoms with Crippen LogP contribution >= 0.6 is 0 Å². The van der Waals surface area contributed by atoms with E-state index in [-0.39, 0.29) is 5.82 Å². The molecule has 0 aromatic heterocycles. The fourth-order valence-electron chi connectivity index (χ4n) is 2.54. The summed E-state index contributed by atoms with van der Waals surface area (Å²) in [4.78, 5) is 2.24. The summed E-state index contributed by atoms with van der Waals surface area (Å²) in [5, 5.41) is 10.1. The van der Waals surface area contributed by atoms with Gasteiger partial charge >= 0.3 is 0 Å². The molecule has 1 saturated heterocycles. The van der Waals surface area contributed by atoms with Gasteiger partial charge in [0, 0.05) is 31.4 Å².